The van der Waals surface area contributed by atoms with Crippen molar-refractivity contribution in [3.8, 4) is 0 Å². The van der Waals surface area contributed by atoms with Crippen LogP contribution in [-0.2, 0) is 0 Å². The van der Waals surface area contributed by atoms with Gasteiger partial charge in [-0.25, -0.2) is 0 Å². The Morgan fingerprint density at radius 3 is 2.92 bits per heavy atom. The van der Waals surface area contributed by atoms with Crippen LogP contribution < -0.4 is 0 Å². The predicted molar refractivity (Wildman–Crippen MR) is 55.8 cm³/mol. The minimum Gasteiger partial charge on any atom is -0.393 e. The van der Waals surface area contributed by atoms with Crippen molar-refractivity contribution in [3.63, 3.8) is 0 Å². The van der Waals surface area contributed by atoms with Crippen LogP contribution in [0.3, 0.4) is 0 Å². The third-order valence-corrected chi connectivity index (χ3v) is 3.02. The molecule has 1 rings (SSSR count). The van der Waals surface area contributed by atoms with E-state index in [4.69, 9.17) is 11.6 Å². The molecule has 1 aliphatic rings. The van der Waals surface area contributed by atoms with E-state index in [1.165, 1.54) is 5.57 Å². The molecule has 0 amide bonds. The van der Waals surface area contributed by atoms with Gasteiger partial charge < -0.3 is 5.11 Å². The lowest BCUT2D eigenvalue weighted by atomic mass is 10.0. The Hall–Kier alpha value is -0.0500. The van der Waals surface area contributed by atoms with Crippen LogP contribution in [0.25, 0.3) is 0 Å². The average molecular weight is 204 g/mol. The smallest absolute Gasteiger partial charge is 0.0552 e. The lowest BCUT2D eigenvalue weighted by Crippen LogP contribution is -2.25. The van der Waals surface area contributed by atoms with Crippen LogP contribution >= 0.6 is 11.6 Å². The van der Waals surface area contributed by atoms with Gasteiger partial charge in [-0.15, -0.1) is 0 Å². The summed E-state index contributed by atoms with van der Waals surface area (Å²) in [7, 11) is 0. The van der Waals surface area contributed by atoms with E-state index in [9.17, 15) is 5.11 Å². The average Bonchev–Trinajstić information content (AvgIpc) is 2.52. The number of nitrogens with zero attached hydrogens (tertiary/aromatic N) is 1. The van der Waals surface area contributed by atoms with Crippen molar-refractivity contribution in [2.45, 2.75) is 26.4 Å². The molecule has 1 N–H and O–H groups in total. The van der Waals surface area contributed by atoms with Crippen LogP contribution in [0.1, 0.15) is 20.3 Å². The Morgan fingerprint density at radius 2 is 2.46 bits per heavy atom. The minimum absolute atomic E-state index is 0.176. The maximum Gasteiger partial charge on any atom is 0.0552 e. The van der Waals surface area contributed by atoms with Crippen LogP contribution in [0.4, 0.5) is 0 Å². The number of aliphatic hydroxyl groups excluding tert-OH is 1. The zero-order valence-corrected chi connectivity index (χ0v) is 9.09. The Labute approximate surface area is 85.2 Å². The molecule has 0 aromatic heterocycles. The van der Waals surface area contributed by atoms with Gasteiger partial charge in [0, 0.05) is 18.6 Å². The second-order valence-electron chi connectivity index (χ2n) is 3.98. The van der Waals surface area contributed by atoms with Crippen molar-refractivity contribution in [2.24, 2.45) is 5.92 Å². The molecule has 0 bridgehead atoms. The van der Waals surface area contributed by atoms with E-state index in [1.54, 1.807) is 5.54 Å². The molecule has 2 unspecified atom stereocenters. The predicted octanol–water partition coefficient (Wildman–Crippen LogP) is 1.83. The van der Waals surface area contributed by atoms with Crippen LogP contribution in [0, 0.1) is 5.92 Å². The lowest BCUT2D eigenvalue weighted by molar-refractivity contribution is 0.128. The van der Waals surface area contributed by atoms with Crippen LogP contribution in [-0.4, -0.2) is 35.7 Å². The first kappa shape index (κ1) is 11.0. The molecule has 0 spiro atoms. The standard InChI is InChI=1S/C10H18ClNO/c1-8(5-11)6-12-4-3-10(7-12)9(2)13/h5,9-10,13H,3-4,6-7H2,1-2H3/b8-5+. The van der Waals surface area contributed by atoms with Gasteiger partial charge in [-0.1, -0.05) is 11.6 Å². The molecule has 3 heteroatoms. The molecule has 2 nitrogen and oxygen atoms in total. The summed E-state index contributed by atoms with van der Waals surface area (Å²) in [5.74, 6) is 0.447. The number of hydrogen-bond acceptors (Lipinski definition) is 2. The zero-order chi connectivity index (χ0) is 9.84. The number of aliphatic hydroxyl groups is 1. The molecule has 2 atom stereocenters. The van der Waals surface area contributed by atoms with Gasteiger partial charge in [-0.05, 0) is 38.3 Å². The van der Waals surface area contributed by atoms with E-state index in [0.717, 1.165) is 26.1 Å². The second-order valence-corrected chi connectivity index (χ2v) is 4.20. The third kappa shape index (κ3) is 3.29. The number of rotatable bonds is 3. The van der Waals surface area contributed by atoms with Crippen LogP contribution in [0.15, 0.2) is 11.1 Å². The maximum atomic E-state index is 9.39. The Kier molecular flexibility index (Phi) is 4.23. The fourth-order valence-electron chi connectivity index (χ4n) is 1.79. The number of halogens is 1. The maximum absolute atomic E-state index is 9.39. The van der Waals surface area contributed by atoms with Gasteiger partial charge in [0.25, 0.3) is 0 Å². The van der Waals surface area contributed by atoms with E-state index in [1.807, 2.05) is 13.8 Å². The summed E-state index contributed by atoms with van der Waals surface area (Å²) < 4.78 is 0. The normalized spacial score (nSPS) is 28.0. The molecular formula is C10H18ClNO. The number of hydrogen-bond donors (Lipinski definition) is 1. The van der Waals surface area contributed by atoms with Gasteiger partial charge in [0.1, 0.15) is 0 Å². The molecule has 1 heterocycles. The van der Waals surface area contributed by atoms with Crippen molar-refractivity contribution in [3.05, 3.63) is 11.1 Å². The Balaban J connectivity index is 2.33. The molecule has 0 aliphatic carbocycles. The third-order valence-electron chi connectivity index (χ3n) is 2.65. The molecule has 13 heavy (non-hydrogen) atoms. The molecule has 1 fully saturated rings. The number of likely N-dealkylation sites (tertiary alicyclic amines) is 1. The zero-order valence-electron chi connectivity index (χ0n) is 8.33. The highest BCUT2D eigenvalue weighted by Crippen LogP contribution is 2.20. The monoisotopic (exact) mass is 203 g/mol. The molecule has 0 aromatic carbocycles. The first-order valence-electron chi connectivity index (χ1n) is 4.79. The van der Waals surface area contributed by atoms with Crippen molar-refractivity contribution in [2.75, 3.05) is 19.6 Å². The minimum atomic E-state index is -0.176. The lowest BCUT2D eigenvalue weighted by Gasteiger charge is -2.17. The highest BCUT2D eigenvalue weighted by atomic mass is 35.5. The summed E-state index contributed by atoms with van der Waals surface area (Å²) in [5.41, 5.74) is 2.82. The fourth-order valence-corrected chi connectivity index (χ4v) is 1.86. The quantitative estimate of drug-likeness (QED) is 0.757. The van der Waals surface area contributed by atoms with E-state index < -0.39 is 0 Å². The molecule has 0 radical (unpaired) electrons. The summed E-state index contributed by atoms with van der Waals surface area (Å²) >= 11 is 5.59. The highest BCUT2D eigenvalue weighted by Gasteiger charge is 2.25. The fraction of sp³-hybridized carbons (Fsp3) is 0.800. The first-order chi connectivity index (χ1) is 6.13. The SMILES string of the molecule is C/C(=C\Cl)CN1CCC(C(C)O)C1. The summed E-state index contributed by atoms with van der Waals surface area (Å²) in [6.07, 6.45) is 0.929. The highest BCUT2D eigenvalue weighted by molar-refractivity contribution is 6.25. The largest absolute Gasteiger partial charge is 0.393 e. The van der Waals surface area contributed by atoms with Crippen molar-refractivity contribution in [1.82, 2.24) is 4.90 Å². The van der Waals surface area contributed by atoms with Gasteiger partial charge in [-0.2, -0.15) is 0 Å². The van der Waals surface area contributed by atoms with Gasteiger partial charge in [0.15, 0.2) is 0 Å². The summed E-state index contributed by atoms with van der Waals surface area (Å²) in [5, 5.41) is 9.39. The van der Waals surface area contributed by atoms with Crippen LogP contribution in [0.5, 0.6) is 0 Å². The van der Waals surface area contributed by atoms with E-state index in [0.29, 0.717) is 5.92 Å². The van der Waals surface area contributed by atoms with Gasteiger partial charge in [0.05, 0.1) is 6.10 Å². The van der Waals surface area contributed by atoms with Crippen molar-refractivity contribution in [1.29, 1.82) is 0 Å². The second kappa shape index (κ2) is 4.99. The summed E-state index contributed by atoms with van der Waals surface area (Å²) in [4.78, 5) is 2.34. The topological polar surface area (TPSA) is 23.5 Å². The summed E-state index contributed by atoms with van der Waals surface area (Å²) in [6.45, 7) is 6.92. The van der Waals surface area contributed by atoms with Crippen molar-refractivity contribution >= 4 is 11.6 Å². The molecule has 76 valence electrons. The molecule has 0 aromatic rings. The summed E-state index contributed by atoms with van der Waals surface area (Å²) in [6, 6.07) is 0. The first-order valence-corrected chi connectivity index (χ1v) is 5.23. The van der Waals surface area contributed by atoms with E-state index in [2.05, 4.69) is 4.90 Å². The van der Waals surface area contributed by atoms with E-state index in [-0.39, 0.29) is 6.10 Å². The van der Waals surface area contributed by atoms with Crippen LogP contribution in [0.2, 0.25) is 0 Å². The molecule has 1 saturated heterocycles. The van der Waals surface area contributed by atoms with E-state index >= 15 is 0 Å². The van der Waals surface area contributed by atoms with Gasteiger partial charge >= 0.3 is 0 Å². The Bertz CT molecular complexity index is 191. The molecule has 0 saturated carbocycles. The van der Waals surface area contributed by atoms with Gasteiger partial charge in [0.2, 0.25) is 0 Å². The van der Waals surface area contributed by atoms with Gasteiger partial charge in [-0.3, -0.25) is 4.90 Å². The van der Waals surface area contributed by atoms with Crippen molar-refractivity contribution < 1.29 is 5.11 Å². The molecule has 1 aliphatic heterocycles. The Morgan fingerprint density at radius 1 is 1.77 bits per heavy atom. The molecular weight excluding hydrogens is 186 g/mol.